The van der Waals surface area contributed by atoms with E-state index < -0.39 is 29.1 Å². The molecular formula is C30H31F5O2. The lowest BCUT2D eigenvalue weighted by molar-refractivity contribution is 0.286. The Hall–Kier alpha value is -3.09. The molecule has 0 spiro atoms. The van der Waals surface area contributed by atoms with Crippen LogP contribution in [0.25, 0.3) is 11.1 Å². The zero-order valence-electron chi connectivity index (χ0n) is 21.1. The molecule has 37 heavy (non-hydrogen) atoms. The SMILES string of the molecule is CCCCOc1ccc(C2CCC(c3ccc(-c4ccc(OCC)c(F)c4F)cc3F)CC2)c(F)c1F. The van der Waals surface area contributed by atoms with E-state index in [0.717, 1.165) is 12.8 Å². The average molecular weight is 519 g/mol. The molecule has 1 saturated carbocycles. The van der Waals surface area contributed by atoms with Gasteiger partial charge in [0, 0.05) is 5.56 Å². The first-order valence-corrected chi connectivity index (χ1v) is 12.9. The standard InChI is InChI=1S/C30H31F5O2/c1-3-5-16-37-26-15-12-22(27(32)30(26)35)19-8-6-18(7-9-19)21-11-10-20(17-24(21)31)23-13-14-25(36-4-2)29(34)28(23)33/h10-15,17-19H,3-9,16H2,1-2H3. The second-order valence-electron chi connectivity index (χ2n) is 9.44. The van der Waals surface area contributed by atoms with Crippen LogP contribution in [0.4, 0.5) is 22.0 Å². The molecule has 0 heterocycles. The third-order valence-electron chi connectivity index (χ3n) is 7.10. The molecule has 0 atom stereocenters. The van der Waals surface area contributed by atoms with Gasteiger partial charge in [-0.05, 0) is 91.8 Å². The molecule has 7 heteroatoms. The van der Waals surface area contributed by atoms with Gasteiger partial charge in [0.05, 0.1) is 13.2 Å². The fourth-order valence-corrected chi connectivity index (χ4v) is 5.06. The molecule has 2 nitrogen and oxygen atoms in total. The van der Waals surface area contributed by atoms with Crippen molar-refractivity contribution in [2.24, 2.45) is 0 Å². The second kappa shape index (κ2) is 12.0. The highest BCUT2D eigenvalue weighted by Crippen LogP contribution is 2.43. The minimum Gasteiger partial charge on any atom is -0.491 e. The minimum absolute atomic E-state index is 0.0465. The Kier molecular flexibility index (Phi) is 8.72. The Balaban J connectivity index is 1.45. The van der Waals surface area contributed by atoms with Gasteiger partial charge in [0.1, 0.15) is 5.82 Å². The van der Waals surface area contributed by atoms with E-state index in [1.807, 2.05) is 6.92 Å². The number of hydrogen-bond acceptors (Lipinski definition) is 2. The third kappa shape index (κ3) is 5.76. The normalized spacial score (nSPS) is 17.6. The highest BCUT2D eigenvalue weighted by Gasteiger charge is 2.29. The summed E-state index contributed by atoms with van der Waals surface area (Å²) in [5.41, 5.74) is 0.992. The Bertz CT molecular complexity index is 1240. The molecule has 1 fully saturated rings. The van der Waals surface area contributed by atoms with Crippen molar-refractivity contribution in [2.45, 2.75) is 64.2 Å². The smallest absolute Gasteiger partial charge is 0.201 e. The van der Waals surface area contributed by atoms with Crippen molar-refractivity contribution in [3.63, 3.8) is 0 Å². The summed E-state index contributed by atoms with van der Waals surface area (Å²) in [7, 11) is 0. The van der Waals surface area contributed by atoms with Gasteiger partial charge >= 0.3 is 0 Å². The van der Waals surface area contributed by atoms with Crippen LogP contribution >= 0.6 is 0 Å². The van der Waals surface area contributed by atoms with Crippen molar-refractivity contribution in [3.05, 3.63) is 82.7 Å². The molecule has 0 aromatic heterocycles. The van der Waals surface area contributed by atoms with Crippen LogP contribution in [0.2, 0.25) is 0 Å². The summed E-state index contributed by atoms with van der Waals surface area (Å²) in [6, 6.07) is 10.2. The molecule has 1 aliphatic carbocycles. The molecule has 0 bridgehead atoms. The maximum absolute atomic E-state index is 15.1. The molecule has 3 aromatic rings. The zero-order chi connectivity index (χ0) is 26.5. The molecule has 4 rings (SSSR count). The molecular weight excluding hydrogens is 487 g/mol. The van der Waals surface area contributed by atoms with Gasteiger partial charge in [0.15, 0.2) is 23.1 Å². The monoisotopic (exact) mass is 518 g/mol. The second-order valence-corrected chi connectivity index (χ2v) is 9.44. The maximum Gasteiger partial charge on any atom is 0.201 e. The van der Waals surface area contributed by atoms with Crippen LogP contribution in [0.15, 0.2) is 42.5 Å². The Morgan fingerprint density at radius 3 is 1.92 bits per heavy atom. The van der Waals surface area contributed by atoms with Gasteiger partial charge in [-0.2, -0.15) is 8.78 Å². The molecule has 0 radical (unpaired) electrons. The van der Waals surface area contributed by atoms with E-state index in [1.165, 1.54) is 24.3 Å². The van der Waals surface area contributed by atoms with Gasteiger partial charge < -0.3 is 9.47 Å². The maximum atomic E-state index is 15.1. The fourth-order valence-electron chi connectivity index (χ4n) is 5.06. The molecule has 3 aromatic carbocycles. The van der Waals surface area contributed by atoms with Crippen LogP contribution in [0.3, 0.4) is 0 Å². The third-order valence-corrected chi connectivity index (χ3v) is 7.10. The largest absolute Gasteiger partial charge is 0.491 e. The summed E-state index contributed by atoms with van der Waals surface area (Å²) in [6.45, 7) is 4.19. The summed E-state index contributed by atoms with van der Waals surface area (Å²) in [4.78, 5) is 0. The summed E-state index contributed by atoms with van der Waals surface area (Å²) in [5.74, 6) is -5.06. The predicted molar refractivity (Wildman–Crippen MR) is 134 cm³/mol. The van der Waals surface area contributed by atoms with E-state index in [9.17, 15) is 17.6 Å². The lowest BCUT2D eigenvalue weighted by atomic mass is 9.75. The first-order valence-electron chi connectivity index (χ1n) is 12.9. The quantitative estimate of drug-likeness (QED) is 0.208. The molecule has 0 unspecified atom stereocenters. The highest BCUT2D eigenvalue weighted by atomic mass is 19.2. The van der Waals surface area contributed by atoms with E-state index in [-0.39, 0.29) is 41.1 Å². The van der Waals surface area contributed by atoms with Gasteiger partial charge in [-0.25, -0.2) is 13.2 Å². The summed E-state index contributed by atoms with van der Waals surface area (Å²) >= 11 is 0. The molecule has 1 aliphatic rings. The van der Waals surface area contributed by atoms with E-state index in [4.69, 9.17) is 9.47 Å². The van der Waals surface area contributed by atoms with Gasteiger partial charge in [0.25, 0.3) is 0 Å². The van der Waals surface area contributed by atoms with Crippen LogP contribution in [-0.4, -0.2) is 13.2 Å². The number of hydrogen-bond donors (Lipinski definition) is 0. The van der Waals surface area contributed by atoms with E-state index in [1.54, 1.807) is 25.1 Å². The Morgan fingerprint density at radius 1 is 0.676 bits per heavy atom. The highest BCUT2D eigenvalue weighted by molar-refractivity contribution is 5.66. The lowest BCUT2D eigenvalue weighted by Gasteiger charge is -2.30. The molecule has 0 aliphatic heterocycles. The van der Waals surface area contributed by atoms with Gasteiger partial charge in [-0.15, -0.1) is 0 Å². The van der Waals surface area contributed by atoms with Crippen LogP contribution < -0.4 is 9.47 Å². The molecule has 0 N–H and O–H groups in total. The number of unbranched alkanes of at least 4 members (excludes halogenated alkanes) is 1. The van der Waals surface area contributed by atoms with Crippen LogP contribution in [-0.2, 0) is 0 Å². The molecule has 198 valence electrons. The Morgan fingerprint density at radius 2 is 1.27 bits per heavy atom. The zero-order valence-corrected chi connectivity index (χ0v) is 21.1. The van der Waals surface area contributed by atoms with E-state index in [0.29, 0.717) is 43.4 Å². The van der Waals surface area contributed by atoms with Crippen molar-refractivity contribution >= 4 is 0 Å². The van der Waals surface area contributed by atoms with Gasteiger partial charge in [-0.1, -0.05) is 31.5 Å². The predicted octanol–water partition coefficient (Wildman–Crippen LogP) is 9.07. The van der Waals surface area contributed by atoms with Crippen LogP contribution in [0.1, 0.15) is 75.3 Å². The molecule has 0 amide bonds. The average Bonchev–Trinajstić information content (AvgIpc) is 2.90. The topological polar surface area (TPSA) is 18.5 Å². The summed E-state index contributed by atoms with van der Waals surface area (Å²) in [5, 5.41) is 0. The van der Waals surface area contributed by atoms with Gasteiger partial charge in [-0.3, -0.25) is 0 Å². The molecule has 0 saturated heterocycles. The van der Waals surface area contributed by atoms with Gasteiger partial charge in [0.2, 0.25) is 11.6 Å². The number of ether oxygens (including phenoxy) is 2. The van der Waals surface area contributed by atoms with Crippen molar-refractivity contribution < 1.29 is 31.4 Å². The van der Waals surface area contributed by atoms with Crippen molar-refractivity contribution in [1.82, 2.24) is 0 Å². The van der Waals surface area contributed by atoms with Crippen molar-refractivity contribution in [1.29, 1.82) is 0 Å². The van der Waals surface area contributed by atoms with Crippen molar-refractivity contribution in [3.8, 4) is 22.6 Å². The fraction of sp³-hybridized carbons (Fsp3) is 0.400. The van der Waals surface area contributed by atoms with E-state index in [2.05, 4.69) is 0 Å². The van der Waals surface area contributed by atoms with Crippen LogP contribution in [0, 0.1) is 29.1 Å². The van der Waals surface area contributed by atoms with Crippen LogP contribution in [0.5, 0.6) is 11.5 Å². The Labute approximate surface area is 214 Å². The number of rotatable bonds is 9. The number of halogens is 5. The van der Waals surface area contributed by atoms with E-state index >= 15 is 4.39 Å². The summed E-state index contributed by atoms with van der Waals surface area (Å²) in [6.07, 6.45) is 4.02. The minimum atomic E-state index is -1.11. The first-order chi connectivity index (χ1) is 17.8. The first kappa shape index (κ1) is 27.0. The summed E-state index contributed by atoms with van der Waals surface area (Å²) < 4.78 is 83.7. The van der Waals surface area contributed by atoms with Crippen molar-refractivity contribution in [2.75, 3.05) is 13.2 Å². The number of benzene rings is 3. The lowest BCUT2D eigenvalue weighted by Crippen LogP contribution is -2.15.